The number of hydrogen-bond acceptors (Lipinski definition) is 4. The van der Waals surface area contributed by atoms with E-state index < -0.39 is 21.9 Å². The van der Waals surface area contributed by atoms with Crippen molar-refractivity contribution < 1.29 is 18.0 Å². The minimum atomic E-state index is -3.03. The van der Waals surface area contributed by atoms with E-state index in [0.29, 0.717) is 19.4 Å². The molecule has 0 aliphatic carbocycles. The highest BCUT2D eigenvalue weighted by atomic mass is 32.2. The zero-order valence-electron chi connectivity index (χ0n) is 12.4. The Bertz CT molecular complexity index is 461. The van der Waals surface area contributed by atoms with Gasteiger partial charge in [0.1, 0.15) is 21.9 Å². The zero-order valence-corrected chi connectivity index (χ0v) is 13.2. The van der Waals surface area contributed by atoms with E-state index >= 15 is 0 Å². The molecule has 0 aromatic rings. The fraction of sp³-hybridized carbons (Fsp3) is 0.846. The molecule has 0 saturated carbocycles. The lowest BCUT2D eigenvalue weighted by atomic mass is 10.0. The molecule has 2 amide bonds. The fourth-order valence-electron chi connectivity index (χ4n) is 2.27. The van der Waals surface area contributed by atoms with Gasteiger partial charge in [0.05, 0.1) is 5.75 Å². The van der Waals surface area contributed by atoms with Crippen molar-refractivity contribution in [3.63, 3.8) is 0 Å². The normalized spacial score (nSPS) is 23.9. The van der Waals surface area contributed by atoms with E-state index in [9.17, 15) is 18.0 Å². The van der Waals surface area contributed by atoms with Crippen molar-refractivity contribution in [2.45, 2.75) is 52.1 Å². The smallest absolute Gasteiger partial charge is 0.245 e. The fourth-order valence-corrected chi connectivity index (χ4v) is 3.13. The summed E-state index contributed by atoms with van der Waals surface area (Å²) in [5.74, 6) is -0.107. The number of piperazine rings is 1. The molecule has 0 spiro atoms. The summed E-state index contributed by atoms with van der Waals surface area (Å²) in [5.41, 5.74) is 0. The molecule has 116 valence electrons. The standard InChI is InChI=1S/C13H24N2O4S/c1-4-7-11-13(17)15(10(3)12(16)14-11)8-6-9-20(18,19)5-2/h10-11H,4-9H2,1-3H3,(H,14,16). The number of carbonyl (C=O) groups is 2. The van der Waals surface area contributed by atoms with Gasteiger partial charge in [-0.1, -0.05) is 20.3 Å². The van der Waals surface area contributed by atoms with Crippen LogP contribution in [0.4, 0.5) is 0 Å². The van der Waals surface area contributed by atoms with Crippen LogP contribution in [0.15, 0.2) is 0 Å². The van der Waals surface area contributed by atoms with Crippen LogP contribution in [-0.4, -0.2) is 55.3 Å². The maximum atomic E-state index is 12.3. The maximum absolute atomic E-state index is 12.3. The van der Waals surface area contributed by atoms with Crippen molar-refractivity contribution in [2.24, 2.45) is 0 Å². The van der Waals surface area contributed by atoms with Crippen LogP contribution in [0.1, 0.15) is 40.0 Å². The summed E-state index contributed by atoms with van der Waals surface area (Å²) in [6.45, 7) is 5.54. The first-order valence-corrected chi connectivity index (χ1v) is 8.95. The lowest BCUT2D eigenvalue weighted by molar-refractivity contribution is -0.148. The highest BCUT2D eigenvalue weighted by Crippen LogP contribution is 2.14. The topological polar surface area (TPSA) is 83.6 Å². The highest BCUT2D eigenvalue weighted by Gasteiger charge is 2.37. The number of sulfone groups is 1. The van der Waals surface area contributed by atoms with Crippen LogP contribution in [0.2, 0.25) is 0 Å². The molecule has 1 heterocycles. The third-order valence-electron chi connectivity index (χ3n) is 3.62. The van der Waals surface area contributed by atoms with Gasteiger partial charge in [-0.15, -0.1) is 0 Å². The van der Waals surface area contributed by atoms with E-state index in [4.69, 9.17) is 0 Å². The Morgan fingerprint density at radius 3 is 2.45 bits per heavy atom. The summed E-state index contributed by atoms with van der Waals surface area (Å²) >= 11 is 0. The lowest BCUT2D eigenvalue weighted by Gasteiger charge is -2.37. The number of rotatable bonds is 7. The SMILES string of the molecule is CCCC1NC(=O)C(C)N(CCCS(=O)(=O)CC)C1=O. The predicted octanol–water partition coefficient (Wildman–Crippen LogP) is 0.327. The van der Waals surface area contributed by atoms with Crippen LogP contribution >= 0.6 is 0 Å². The van der Waals surface area contributed by atoms with Gasteiger partial charge in [0.2, 0.25) is 11.8 Å². The summed E-state index contributed by atoms with van der Waals surface area (Å²) in [5, 5.41) is 2.72. The average Bonchev–Trinajstić information content (AvgIpc) is 2.40. The largest absolute Gasteiger partial charge is 0.343 e. The van der Waals surface area contributed by atoms with Gasteiger partial charge < -0.3 is 10.2 Å². The van der Waals surface area contributed by atoms with Crippen molar-refractivity contribution >= 4 is 21.7 Å². The summed E-state index contributed by atoms with van der Waals surface area (Å²) < 4.78 is 22.9. The van der Waals surface area contributed by atoms with Gasteiger partial charge >= 0.3 is 0 Å². The summed E-state index contributed by atoms with van der Waals surface area (Å²) in [6, 6.07) is -0.994. The molecule has 1 rings (SSSR count). The van der Waals surface area contributed by atoms with Crippen molar-refractivity contribution in [3.05, 3.63) is 0 Å². The Morgan fingerprint density at radius 2 is 1.90 bits per heavy atom. The molecule has 1 N–H and O–H groups in total. The van der Waals surface area contributed by atoms with Crippen molar-refractivity contribution in [2.75, 3.05) is 18.1 Å². The third kappa shape index (κ3) is 4.19. The molecule has 1 fully saturated rings. The average molecular weight is 304 g/mol. The first kappa shape index (κ1) is 16.9. The molecule has 7 heteroatoms. The molecule has 2 atom stereocenters. The molecule has 20 heavy (non-hydrogen) atoms. The van der Waals surface area contributed by atoms with Crippen molar-refractivity contribution in [1.82, 2.24) is 10.2 Å². The molecular weight excluding hydrogens is 280 g/mol. The second-order valence-electron chi connectivity index (χ2n) is 5.15. The summed E-state index contributed by atoms with van der Waals surface area (Å²) in [6.07, 6.45) is 1.79. The van der Waals surface area contributed by atoms with Gasteiger partial charge in [-0.3, -0.25) is 9.59 Å². The predicted molar refractivity (Wildman–Crippen MR) is 77.0 cm³/mol. The summed E-state index contributed by atoms with van der Waals surface area (Å²) in [7, 11) is -3.03. The van der Waals surface area contributed by atoms with Gasteiger partial charge in [-0.05, 0) is 19.8 Å². The quantitative estimate of drug-likeness (QED) is 0.734. The van der Waals surface area contributed by atoms with E-state index in [1.165, 1.54) is 4.90 Å². The highest BCUT2D eigenvalue weighted by molar-refractivity contribution is 7.91. The van der Waals surface area contributed by atoms with Gasteiger partial charge in [0.15, 0.2) is 0 Å². The molecular formula is C13H24N2O4S. The number of nitrogens with one attached hydrogen (secondary N) is 1. The number of hydrogen-bond donors (Lipinski definition) is 1. The third-order valence-corrected chi connectivity index (χ3v) is 5.41. The van der Waals surface area contributed by atoms with Crippen molar-refractivity contribution in [1.29, 1.82) is 0 Å². The van der Waals surface area contributed by atoms with Gasteiger partial charge in [-0.25, -0.2) is 8.42 Å². The monoisotopic (exact) mass is 304 g/mol. The number of nitrogens with zero attached hydrogens (tertiary/aromatic N) is 1. The molecule has 2 unspecified atom stereocenters. The maximum Gasteiger partial charge on any atom is 0.245 e. The van der Waals surface area contributed by atoms with E-state index in [1.54, 1.807) is 13.8 Å². The number of carbonyl (C=O) groups excluding carboxylic acids is 2. The molecule has 0 bridgehead atoms. The Morgan fingerprint density at radius 1 is 1.25 bits per heavy atom. The van der Waals surface area contributed by atoms with Gasteiger partial charge in [0.25, 0.3) is 0 Å². The molecule has 0 aromatic heterocycles. The Labute approximate surface area is 120 Å². The van der Waals surface area contributed by atoms with E-state index in [2.05, 4.69) is 5.32 Å². The Hall–Kier alpha value is -1.11. The lowest BCUT2D eigenvalue weighted by Crippen LogP contribution is -2.62. The minimum absolute atomic E-state index is 0.0556. The Kier molecular flexibility index (Phi) is 5.98. The van der Waals surface area contributed by atoms with Crippen molar-refractivity contribution in [3.8, 4) is 0 Å². The van der Waals surface area contributed by atoms with Crippen LogP contribution in [-0.2, 0) is 19.4 Å². The van der Waals surface area contributed by atoms with Crippen LogP contribution in [0, 0.1) is 0 Å². The molecule has 1 aliphatic heterocycles. The van der Waals surface area contributed by atoms with Gasteiger partial charge in [-0.2, -0.15) is 0 Å². The first-order chi connectivity index (χ1) is 9.32. The van der Waals surface area contributed by atoms with Crippen LogP contribution in [0.25, 0.3) is 0 Å². The molecule has 1 saturated heterocycles. The number of amides is 2. The van der Waals surface area contributed by atoms with Gasteiger partial charge in [0, 0.05) is 12.3 Å². The first-order valence-electron chi connectivity index (χ1n) is 7.13. The minimum Gasteiger partial charge on any atom is -0.343 e. The van der Waals surface area contributed by atoms with Crippen LogP contribution in [0.5, 0.6) is 0 Å². The molecule has 6 nitrogen and oxygen atoms in total. The second-order valence-corrected chi connectivity index (χ2v) is 7.62. The second kappa shape index (κ2) is 7.06. The van der Waals surface area contributed by atoms with E-state index in [0.717, 1.165) is 6.42 Å². The molecule has 1 aliphatic rings. The van der Waals surface area contributed by atoms with E-state index in [1.807, 2.05) is 6.92 Å². The zero-order chi connectivity index (χ0) is 15.3. The molecule has 0 radical (unpaired) electrons. The van der Waals surface area contributed by atoms with Crippen LogP contribution in [0.3, 0.4) is 0 Å². The summed E-state index contributed by atoms with van der Waals surface area (Å²) in [4.78, 5) is 25.6. The Balaban J connectivity index is 2.65. The van der Waals surface area contributed by atoms with E-state index in [-0.39, 0.29) is 23.3 Å². The molecule has 0 aromatic carbocycles. The van der Waals surface area contributed by atoms with Crippen LogP contribution < -0.4 is 5.32 Å².